The van der Waals surface area contributed by atoms with E-state index in [1.807, 2.05) is 6.92 Å². The number of para-hydroxylation sites is 1. The number of hydrogen-bond donors (Lipinski definition) is 1. The summed E-state index contributed by atoms with van der Waals surface area (Å²) in [5.74, 6) is 0.193. The first-order chi connectivity index (χ1) is 10.3. The van der Waals surface area contributed by atoms with Gasteiger partial charge in [0.1, 0.15) is 6.04 Å². The number of fused-ring (bicyclic) bond motifs is 1. The Morgan fingerprint density at radius 1 is 1.19 bits per heavy atom. The Labute approximate surface area is 127 Å². The van der Waals surface area contributed by atoms with Crippen LogP contribution in [0.2, 0.25) is 0 Å². The van der Waals surface area contributed by atoms with Crippen LogP contribution in [-0.4, -0.2) is 24.5 Å². The monoisotopic (exact) mass is 286 g/mol. The quantitative estimate of drug-likeness (QED) is 0.865. The maximum atomic E-state index is 12.6. The minimum atomic E-state index is -0.0723. The van der Waals surface area contributed by atoms with Gasteiger partial charge in [0.2, 0.25) is 5.91 Å². The molecule has 1 aromatic rings. The van der Waals surface area contributed by atoms with Crippen LogP contribution in [0.15, 0.2) is 24.3 Å². The SMILES string of the molecule is C[C@H](C(=O)NC1CCCCCC1)N1CCc2ccccc21. The molecule has 1 aliphatic heterocycles. The Morgan fingerprint density at radius 3 is 2.67 bits per heavy atom. The molecule has 3 heteroatoms. The first-order valence-corrected chi connectivity index (χ1v) is 8.40. The van der Waals surface area contributed by atoms with E-state index >= 15 is 0 Å². The second kappa shape index (κ2) is 6.50. The molecule has 0 spiro atoms. The van der Waals surface area contributed by atoms with Crippen molar-refractivity contribution in [2.45, 2.75) is 64.0 Å². The number of hydrogen-bond acceptors (Lipinski definition) is 2. The molecule has 2 aliphatic rings. The van der Waals surface area contributed by atoms with Gasteiger partial charge in [-0.1, -0.05) is 43.9 Å². The summed E-state index contributed by atoms with van der Waals surface area (Å²) in [6.45, 7) is 2.99. The van der Waals surface area contributed by atoms with Gasteiger partial charge in [-0.25, -0.2) is 0 Å². The third kappa shape index (κ3) is 3.22. The van der Waals surface area contributed by atoms with E-state index in [0.29, 0.717) is 6.04 Å². The minimum Gasteiger partial charge on any atom is -0.359 e. The van der Waals surface area contributed by atoms with Crippen LogP contribution in [-0.2, 0) is 11.2 Å². The van der Waals surface area contributed by atoms with Gasteiger partial charge in [-0.05, 0) is 37.8 Å². The van der Waals surface area contributed by atoms with Crippen LogP contribution in [0.1, 0.15) is 51.0 Å². The van der Waals surface area contributed by atoms with Crippen molar-refractivity contribution in [3.05, 3.63) is 29.8 Å². The second-order valence-corrected chi connectivity index (χ2v) is 6.45. The molecule has 1 saturated carbocycles. The van der Waals surface area contributed by atoms with Crippen molar-refractivity contribution in [3.63, 3.8) is 0 Å². The molecule has 0 aromatic heterocycles. The van der Waals surface area contributed by atoms with Gasteiger partial charge in [0, 0.05) is 18.3 Å². The van der Waals surface area contributed by atoms with Crippen LogP contribution >= 0.6 is 0 Å². The Hall–Kier alpha value is -1.51. The third-order valence-corrected chi connectivity index (χ3v) is 4.97. The zero-order valence-electron chi connectivity index (χ0n) is 13.0. The summed E-state index contributed by atoms with van der Waals surface area (Å²) in [6.07, 6.45) is 8.50. The molecule has 1 heterocycles. The maximum Gasteiger partial charge on any atom is 0.242 e. The molecule has 0 unspecified atom stereocenters. The Balaban J connectivity index is 1.62. The van der Waals surface area contributed by atoms with E-state index in [1.54, 1.807) is 0 Å². The number of rotatable bonds is 3. The zero-order valence-corrected chi connectivity index (χ0v) is 13.0. The third-order valence-electron chi connectivity index (χ3n) is 4.97. The van der Waals surface area contributed by atoms with E-state index in [-0.39, 0.29) is 11.9 Å². The molecule has 114 valence electrons. The molecule has 0 bridgehead atoms. The summed E-state index contributed by atoms with van der Waals surface area (Å²) < 4.78 is 0. The first-order valence-electron chi connectivity index (χ1n) is 8.40. The van der Waals surface area contributed by atoms with Crippen LogP contribution in [0, 0.1) is 0 Å². The lowest BCUT2D eigenvalue weighted by Crippen LogP contribution is -2.47. The van der Waals surface area contributed by atoms with Gasteiger partial charge in [-0.2, -0.15) is 0 Å². The Bertz CT molecular complexity index is 492. The van der Waals surface area contributed by atoms with Crippen molar-refractivity contribution in [1.29, 1.82) is 0 Å². The highest BCUT2D eigenvalue weighted by atomic mass is 16.2. The van der Waals surface area contributed by atoms with Gasteiger partial charge in [-0.15, -0.1) is 0 Å². The molecule has 21 heavy (non-hydrogen) atoms. The van der Waals surface area contributed by atoms with Crippen LogP contribution in [0.3, 0.4) is 0 Å². The fourth-order valence-electron chi connectivity index (χ4n) is 3.65. The number of nitrogens with one attached hydrogen (secondary N) is 1. The highest BCUT2D eigenvalue weighted by Gasteiger charge is 2.28. The molecule has 1 atom stereocenters. The molecular weight excluding hydrogens is 260 g/mol. The van der Waals surface area contributed by atoms with E-state index in [9.17, 15) is 4.79 Å². The average Bonchev–Trinajstić information content (AvgIpc) is 2.76. The minimum absolute atomic E-state index is 0.0723. The topological polar surface area (TPSA) is 32.3 Å². The highest BCUT2D eigenvalue weighted by Crippen LogP contribution is 2.29. The van der Waals surface area contributed by atoms with Gasteiger partial charge in [0.05, 0.1) is 0 Å². The lowest BCUT2D eigenvalue weighted by molar-refractivity contribution is -0.122. The standard InChI is InChI=1S/C18H26N2O/c1-14(18(21)19-16-9-4-2-3-5-10-16)20-13-12-15-8-6-7-11-17(15)20/h6-8,11,14,16H,2-5,9-10,12-13H2,1H3,(H,19,21)/t14-/m1/s1. The molecule has 0 radical (unpaired) electrons. The molecule has 3 rings (SSSR count). The van der Waals surface area contributed by atoms with Crippen molar-refractivity contribution in [2.24, 2.45) is 0 Å². The largest absolute Gasteiger partial charge is 0.359 e. The van der Waals surface area contributed by atoms with Gasteiger partial charge >= 0.3 is 0 Å². The molecule has 1 amide bonds. The Morgan fingerprint density at radius 2 is 1.90 bits per heavy atom. The van der Waals surface area contributed by atoms with Crippen LogP contribution in [0.25, 0.3) is 0 Å². The fraction of sp³-hybridized carbons (Fsp3) is 0.611. The molecule has 1 aromatic carbocycles. The molecule has 1 fully saturated rings. The number of benzene rings is 1. The number of nitrogens with zero attached hydrogens (tertiary/aromatic N) is 1. The number of carbonyl (C=O) groups is 1. The molecule has 3 nitrogen and oxygen atoms in total. The molecule has 1 N–H and O–H groups in total. The van der Waals surface area contributed by atoms with Crippen molar-refractivity contribution in [3.8, 4) is 0 Å². The predicted octanol–water partition coefficient (Wildman–Crippen LogP) is 3.28. The predicted molar refractivity (Wildman–Crippen MR) is 86.6 cm³/mol. The van der Waals surface area contributed by atoms with Gasteiger partial charge in [-0.3, -0.25) is 4.79 Å². The van der Waals surface area contributed by atoms with Crippen molar-refractivity contribution >= 4 is 11.6 Å². The number of amides is 1. The van der Waals surface area contributed by atoms with Crippen LogP contribution in [0.4, 0.5) is 5.69 Å². The molecule has 0 saturated heterocycles. The lowest BCUT2D eigenvalue weighted by Gasteiger charge is -2.28. The lowest BCUT2D eigenvalue weighted by atomic mass is 10.1. The van der Waals surface area contributed by atoms with E-state index in [0.717, 1.165) is 25.8 Å². The summed E-state index contributed by atoms with van der Waals surface area (Å²) in [5, 5.41) is 3.29. The van der Waals surface area contributed by atoms with Crippen LogP contribution in [0.5, 0.6) is 0 Å². The maximum absolute atomic E-state index is 12.6. The smallest absolute Gasteiger partial charge is 0.242 e. The summed E-state index contributed by atoms with van der Waals surface area (Å²) in [7, 11) is 0. The molecular formula is C18H26N2O. The van der Waals surface area contributed by atoms with Crippen molar-refractivity contribution in [2.75, 3.05) is 11.4 Å². The Kier molecular flexibility index (Phi) is 4.47. The second-order valence-electron chi connectivity index (χ2n) is 6.45. The normalized spacial score (nSPS) is 20.7. The summed E-state index contributed by atoms with van der Waals surface area (Å²) in [6, 6.07) is 8.77. The average molecular weight is 286 g/mol. The van der Waals surface area contributed by atoms with Crippen molar-refractivity contribution < 1.29 is 4.79 Å². The van der Waals surface area contributed by atoms with Crippen molar-refractivity contribution in [1.82, 2.24) is 5.32 Å². The number of carbonyl (C=O) groups excluding carboxylic acids is 1. The van der Waals surface area contributed by atoms with E-state index in [4.69, 9.17) is 0 Å². The summed E-state index contributed by atoms with van der Waals surface area (Å²) >= 11 is 0. The first kappa shape index (κ1) is 14.4. The fourth-order valence-corrected chi connectivity index (χ4v) is 3.65. The van der Waals surface area contributed by atoms with Crippen LogP contribution < -0.4 is 10.2 Å². The van der Waals surface area contributed by atoms with Gasteiger partial charge in [0.15, 0.2) is 0 Å². The summed E-state index contributed by atoms with van der Waals surface area (Å²) in [4.78, 5) is 14.8. The van der Waals surface area contributed by atoms with E-state index < -0.39 is 0 Å². The molecule has 1 aliphatic carbocycles. The number of anilines is 1. The summed E-state index contributed by atoms with van der Waals surface area (Å²) in [5.41, 5.74) is 2.60. The van der Waals surface area contributed by atoms with E-state index in [1.165, 1.54) is 36.9 Å². The van der Waals surface area contributed by atoms with Gasteiger partial charge in [0.25, 0.3) is 0 Å². The van der Waals surface area contributed by atoms with E-state index in [2.05, 4.69) is 34.5 Å². The highest BCUT2D eigenvalue weighted by molar-refractivity contribution is 5.86. The zero-order chi connectivity index (χ0) is 14.7. The van der Waals surface area contributed by atoms with Gasteiger partial charge < -0.3 is 10.2 Å².